The summed E-state index contributed by atoms with van der Waals surface area (Å²) < 4.78 is 21.2. The van der Waals surface area contributed by atoms with Gasteiger partial charge in [0.15, 0.2) is 0 Å². The number of nitrogens with zero attached hydrogens (tertiary/aromatic N) is 3. The van der Waals surface area contributed by atoms with Crippen molar-refractivity contribution in [2.75, 3.05) is 20.3 Å². The summed E-state index contributed by atoms with van der Waals surface area (Å²) in [6.07, 6.45) is 1.97. The van der Waals surface area contributed by atoms with E-state index in [4.69, 9.17) is 30.8 Å². The lowest BCUT2D eigenvalue weighted by Gasteiger charge is -2.16. The first-order valence-electron chi connectivity index (χ1n) is 13.9. The highest BCUT2D eigenvalue weighted by Crippen LogP contribution is 2.36. The minimum atomic E-state index is -1.27. The molecule has 0 bridgehead atoms. The minimum absolute atomic E-state index is 0.0789. The molecule has 5 aromatic rings. The first-order chi connectivity index (χ1) is 20.1. The number of hydrogen-bond donors (Lipinski definition) is 1. The van der Waals surface area contributed by atoms with Crippen LogP contribution in [-0.4, -0.2) is 53.6 Å². The molecule has 0 saturated carbocycles. The number of benzene rings is 3. The Labute approximate surface area is 251 Å². The van der Waals surface area contributed by atoms with Gasteiger partial charge in [-0.1, -0.05) is 43.4 Å². The number of aromatic nitrogens is 3. The van der Waals surface area contributed by atoms with E-state index in [9.17, 15) is 9.90 Å². The molecule has 0 saturated heterocycles. The van der Waals surface area contributed by atoms with Crippen LogP contribution in [0.2, 0.25) is 30.7 Å². The summed E-state index contributed by atoms with van der Waals surface area (Å²) in [6.45, 7) is 10.3. The second kappa shape index (κ2) is 12.3. The predicted octanol–water partition coefficient (Wildman–Crippen LogP) is 7.50. The Bertz CT molecular complexity index is 1760. The molecular weight excluding hydrogens is 570 g/mol. The molecule has 0 aliphatic rings. The lowest BCUT2D eigenvalue weighted by molar-refractivity contribution is 0.0599. The Morgan fingerprint density at radius 3 is 2.60 bits per heavy atom. The van der Waals surface area contributed by atoms with Gasteiger partial charge in [-0.25, -0.2) is 4.79 Å². The molecule has 0 amide bonds. The van der Waals surface area contributed by atoms with E-state index in [1.165, 1.54) is 7.11 Å². The number of carbonyl (C=O) groups excluding carboxylic acids is 1. The van der Waals surface area contributed by atoms with Crippen LogP contribution in [0.5, 0.6) is 11.8 Å². The van der Waals surface area contributed by atoms with Crippen molar-refractivity contribution in [3.63, 3.8) is 0 Å². The van der Waals surface area contributed by atoms with Crippen LogP contribution in [0.1, 0.15) is 15.9 Å². The number of imidazole rings is 1. The van der Waals surface area contributed by atoms with Crippen LogP contribution in [0.25, 0.3) is 33.1 Å². The van der Waals surface area contributed by atoms with Crippen molar-refractivity contribution in [1.82, 2.24) is 14.1 Å². The average molecular weight is 606 g/mol. The molecule has 0 aliphatic heterocycles. The Morgan fingerprint density at radius 1 is 1.05 bits per heavy atom. The molecule has 0 spiro atoms. The number of rotatable bonds is 11. The predicted molar refractivity (Wildman–Crippen MR) is 169 cm³/mol. The maximum Gasteiger partial charge on any atom is 0.338 e. The van der Waals surface area contributed by atoms with E-state index in [1.807, 2.05) is 58.7 Å². The summed E-state index contributed by atoms with van der Waals surface area (Å²) in [5.74, 6) is 0.0325. The smallest absolute Gasteiger partial charge is 0.338 e. The van der Waals surface area contributed by atoms with Gasteiger partial charge in [-0.2, -0.15) is 4.98 Å². The van der Waals surface area contributed by atoms with Gasteiger partial charge < -0.3 is 23.9 Å². The minimum Gasteiger partial charge on any atom is -0.465 e. The maximum absolute atomic E-state index is 12.3. The van der Waals surface area contributed by atoms with E-state index >= 15 is 0 Å². The summed E-state index contributed by atoms with van der Waals surface area (Å²) in [4.78, 5) is 17.1. The fourth-order valence-corrected chi connectivity index (χ4v) is 5.88. The van der Waals surface area contributed by atoms with Crippen LogP contribution < -0.4 is 4.74 Å². The fraction of sp³-hybridized carbons (Fsp3) is 0.312. The van der Waals surface area contributed by atoms with Crippen LogP contribution in [0.15, 0.2) is 60.8 Å². The summed E-state index contributed by atoms with van der Waals surface area (Å²) in [5, 5.41) is 11.0. The molecule has 0 radical (unpaired) electrons. The molecule has 0 fully saturated rings. The van der Waals surface area contributed by atoms with Gasteiger partial charge in [0.25, 0.3) is 0 Å². The molecule has 10 heteroatoms. The van der Waals surface area contributed by atoms with Gasteiger partial charge in [0.05, 0.1) is 35.3 Å². The molecule has 42 heavy (non-hydrogen) atoms. The van der Waals surface area contributed by atoms with Crippen molar-refractivity contribution in [2.24, 2.45) is 0 Å². The van der Waals surface area contributed by atoms with Crippen LogP contribution in [0.3, 0.4) is 0 Å². The number of ether oxygens (including phenoxy) is 3. The second-order valence-electron chi connectivity index (χ2n) is 11.6. The Hall–Kier alpha value is -3.63. The number of aryl methyl sites for hydroxylation is 1. The van der Waals surface area contributed by atoms with Gasteiger partial charge >= 0.3 is 12.0 Å². The van der Waals surface area contributed by atoms with Crippen LogP contribution >= 0.6 is 11.6 Å². The summed E-state index contributed by atoms with van der Waals surface area (Å²) in [5.41, 5.74) is 5.56. The highest BCUT2D eigenvalue weighted by molar-refractivity contribution is 6.76. The van der Waals surface area contributed by atoms with Crippen molar-refractivity contribution in [3.8, 4) is 22.9 Å². The number of aliphatic hydroxyl groups excluding tert-OH is 1. The van der Waals surface area contributed by atoms with Crippen molar-refractivity contribution in [3.05, 3.63) is 76.9 Å². The molecule has 3 aromatic carbocycles. The van der Waals surface area contributed by atoms with Gasteiger partial charge in [0.1, 0.15) is 12.5 Å². The highest BCUT2D eigenvalue weighted by atomic mass is 35.5. The monoisotopic (exact) mass is 605 g/mol. The number of halogens is 1. The lowest BCUT2D eigenvalue weighted by atomic mass is 10.0. The molecule has 2 aromatic heterocycles. The van der Waals surface area contributed by atoms with Crippen molar-refractivity contribution in [1.29, 1.82) is 0 Å². The summed E-state index contributed by atoms with van der Waals surface area (Å²) in [6, 6.07) is 18.7. The van der Waals surface area contributed by atoms with Gasteiger partial charge in [-0.3, -0.25) is 4.57 Å². The van der Waals surface area contributed by atoms with Gasteiger partial charge in [-0.15, -0.1) is 0 Å². The number of esters is 1. The van der Waals surface area contributed by atoms with E-state index in [0.717, 1.165) is 39.2 Å². The van der Waals surface area contributed by atoms with E-state index in [-0.39, 0.29) is 13.3 Å². The number of fused-ring (bicyclic) bond motifs is 2. The number of aliphatic hydroxyl groups is 1. The third-order valence-corrected chi connectivity index (χ3v) is 9.28. The SMILES string of the molecule is COC(=O)c1cc(Oc2nc3cc(-c4ccc5c(ccn5CCO)c4)c(Cl)cc3n2COCC[Si](C)(C)C)ccc1C. The molecule has 0 unspecified atom stereocenters. The van der Waals surface area contributed by atoms with Crippen molar-refractivity contribution in [2.45, 2.75) is 45.9 Å². The van der Waals surface area contributed by atoms with Gasteiger partial charge in [-0.05, 0) is 66.6 Å². The molecule has 1 N–H and O–H groups in total. The zero-order chi connectivity index (χ0) is 30.0. The first-order valence-corrected chi connectivity index (χ1v) is 18.0. The number of hydrogen-bond acceptors (Lipinski definition) is 6. The molecule has 2 heterocycles. The fourth-order valence-electron chi connectivity index (χ4n) is 4.85. The van der Waals surface area contributed by atoms with Crippen molar-refractivity contribution >= 4 is 47.6 Å². The van der Waals surface area contributed by atoms with Gasteiger partial charge in [0.2, 0.25) is 0 Å². The largest absolute Gasteiger partial charge is 0.465 e. The zero-order valence-electron chi connectivity index (χ0n) is 24.6. The van der Waals surface area contributed by atoms with E-state index < -0.39 is 14.0 Å². The zero-order valence-corrected chi connectivity index (χ0v) is 26.4. The van der Waals surface area contributed by atoms with Crippen molar-refractivity contribution < 1.29 is 24.1 Å². The molecule has 0 aliphatic carbocycles. The third kappa shape index (κ3) is 6.39. The van der Waals surface area contributed by atoms with Gasteiger partial charge in [0, 0.05) is 43.9 Å². The Morgan fingerprint density at radius 2 is 1.86 bits per heavy atom. The molecule has 5 rings (SSSR count). The second-order valence-corrected chi connectivity index (χ2v) is 17.6. The Balaban J connectivity index is 1.54. The molecular formula is C32H36ClN3O5Si. The van der Waals surface area contributed by atoms with E-state index in [0.29, 0.717) is 41.0 Å². The van der Waals surface area contributed by atoms with Crippen LogP contribution in [0, 0.1) is 6.92 Å². The first kappa shape index (κ1) is 29.8. The van der Waals surface area contributed by atoms with Crippen LogP contribution in [0.4, 0.5) is 0 Å². The maximum atomic E-state index is 12.3. The quantitative estimate of drug-likeness (QED) is 0.0952. The highest BCUT2D eigenvalue weighted by Gasteiger charge is 2.19. The normalized spacial score (nSPS) is 11.9. The van der Waals surface area contributed by atoms with E-state index in [2.05, 4.69) is 25.7 Å². The average Bonchev–Trinajstić information content (AvgIpc) is 3.50. The molecule has 220 valence electrons. The van der Waals surface area contributed by atoms with Crippen LogP contribution in [-0.2, 0) is 22.7 Å². The molecule has 0 atom stereocenters. The third-order valence-electron chi connectivity index (χ3n) is 7.27. The standard InChI is InChI=1S/C32H36ClN3O5Si/c1-21-6-8-24(17-25(21)31(38)39-2)41-32-34-28-18-26(22-7-9-29-23(16-22)10-11-35(29)12-13-37)27(33)19-30(28)36(32)20-40-14-15-42(3,4)5/h6-11,16-19,37H,12-15,20H2,1-5H3. The Kier molecular flexibility index (Phi) is 8.75. The number of carbonyl (C=O) groups is 1. The summed E-state index contributed by atoms with van der Waals surface area (Å²) in [7, 11) is 0.0869. The summed E-state index contributed by atoms with van der Waals surface area (Å²) >= 11 is 6.89. The lowest BCUT2D eigenvalue weighted by Crippen LogP contribution is -2.22. The van der Waals surface area contributed by atoms with E-state index in [1.54, 1.807) is 12.1 Å². The topological polar surface area (TPSA) is 87.7 Å². The number of methoxy groups -OCH3 is 1. The molecule has 8 nitrogen and oxygen atoms in total.